The number of nitrogens with one attached hydrogen (secondary N) is 1. The molecule has 1 fully saturated rings. The highest BCUT2D eigenvalue weighted by atomic mass is 35.5. The van der Waals surface area contributed by atoms with Crippen LogP contribution in [-0.2, 0) is 11.2 Å². The summed E-state index contributed by atoms with van der Waals surface area (Å²) in [4.78, 5) is 12.3. The van der Waals surface area contributed by atoms with Crippen molar-refractivity contribution in [2.24, 2.45) is 0 Å². The van der Waals surface area contributed by atoms with Crippen LogP contribution >= 0.6 is 11.6 Å². The Bertz CT molecular complexity index is 973. The summed E-state index contributed by atoms with van der Waals surface area (Å²) in [5.41, 5.74) is 4.29. The topological polar surface area (TPSA) is 43.3 Å². The zero-order chi connectivity index (χ0) is 20.2. The number of carbonyl (C=O) groups excluding carboxylic acids is 1. The van der Waals surface area contributed by atoms with Crippen molar-refractivity contribution in [2.75, 3.05) is 7.11 Å². The van der Waals surface area contributed by atoms with Crippen LogP contribution in [0, 0.1) is 0 Å². The summed E-state index contributed by atoms with van der Waals surface area (Å²) in [6.45, 7) is 0. The number of rotatable bonds is 7. The fourth-order valence-corrected chi connectivity index (χ4v) is 3.78. The Morgan fingerprint density at radius 1 is 1.07 bits per heavy atom. The number of nitrogens with zero attached hydrogens (tertiary/aromatic N) is 1. The lowest BCUT2D eigenvalue weighted by Crippen LogP contribution is -2.39. The first kappa shape index (κ1) is 19.6. The molecule has 1 heterocycles. The molecule has 0 spiro atoms. The number of benzene rings is 2. The first-order valence-electron chi connectivity index (χ1n) is 10.0. The fourth-order valence-electron chi connectivity index (χ4n) is 3.65. The average Bonchev–Trinajstić information content (AvgIpc) is 3.13. The molecule has 1 N–H and O–H groups in total. The van der Waals surface area contributed by atoms with Gasteiger partial charge < -0.3 is 14.6 Å². The molecule has 1 aromatic heterocycles. The molecule has 1 aliphatic rings. The van der Waals surface area contributed by atoms with Gasteiger partial charge in [-0.2, -0.15) is 0 Å². The molecule has 0 atom stereocenters. The molecule has 0 bridgehead atoms. The zero-order valence-electron chi connectivity index (χ0n) is 16.5. The van der Waals surface area contributed by atoms with Crippen LogP contribution in [0.25, 0.3) is 16.9 Å². The Hall–Kier alpha value is -2.72. The number of halogens is 1. The number of aryl methyl sites for hydroxylation is 1. The Kier molecular flexibility index (Phi) is 5.91. The van der Waals surface area contributed by atoms with Gasteiger partial charge in [-0.25, -0.2) is 0 Å². The van der Waals surface area contributed by atoms with E-state index in [1.54, 1.807) is 7.11 Å². The molecule has 3 aromatic rings. The van der Waals surface area contributed by atoms with E-state index in [1.807, 2.05) is 48.5 Å². The molecule has 0 unspecified atom stereocenters. The van der Waals surface area contributed by atoms with Crippen molar-refractivity contribution in [3.63, 3.8) is 0 Å². The van der Waals surface area contributed by atoms with E-state index in [0.717, 1.165) is 41.2 Å². The standard InChI is InChI=1S/C24H25ClN2O2/c1-29-22-13-9-20(10-14-22)27-21(12-16-24(28)26-19-3-2-4-19)11-15-23(27)17-5-7-18(25)8-6-17/h5-11,13-15,19H,2-4,12,16H2,1H3,(H,26,28). The number of hydrogen-bond donors (Lipinski definition) is 1. The van der Waals surface area contributed by atoms with Gasteiger partial charge in [0.2, 0.25) is 5.91 Å². The quantitative estimate of drug-likeness (QED) is 0.568. The number of hydrogen-bond acceptors (Lipinski definition) is 2. The van der Waals surface area contributed by atoms with E-state index >= 15 is 0 Å². The van der Waals surface area contributed by atoms with Crippen LogP contribution in [0.2, 0.25) is 5.02 Å². The van der Waals surface area contributed by atoms with E-state index in [2.05, 4.69) is 22.0 Å². The molecule has 0 saturated heterocycles. The summed E-state index contributed by atoms with van der Waals surface area (Å²) < 4.78 is 7.51. The molecule has 4 nitrogen and oxygen atoms in total. The van der Waals surface area contributed by atoms with Gasteiger partial charge >= 0.3 is 0 Å². The van der Waals surface area contributed by atoms with E-state index in [0.29, 0.717) is 23.9 Å². The molecule has 0 aliphatic heterocycles. The Morgan fingerprint density at radius 3 is 2.41 bits per heavy atom. The van der Waals surface area contributed by atoms with Crippen LogP contribution in [0.3, 0.4) is 0 Å². The minimum atomic E-state index is 0.130. The summed E-state index contributed by atoms with van der Waals surface area (Å²) in [6.07, 6.45) is 4.59. The lowest BCUT2D eigenvalue weighted by molar-refractivity contribution is -0.122. The molecular weight excluding hydrogens is 384 g/mol. The van der Waals surface area contributed by atoms with Gasteiger partial charge in [-0.15, -0.1) is 0 Å². The summed E-state index contributed by atoms with van der Waals surface area (Å²) in [5, 5.41) is 3.84. The lowest BCUT2D eigenvalue weighted by atomic mass is 9.93. The van der Waals surface area contributed by atoms with Gasteiger partial charge in [0.05, 0.1) is 12.8 Å². The minimum Gasteiger partial charge on any atom is -0.497 e. The molecule has 150 valence electrons. The fraction of sp³-hybridized carbons (Fsp3) is 0.292. The zero-order valence-corrected chi connectivity index (χ0v) is 17.3. The second-order valence-corrected chi connectivity index (χ2v) is 7.88. The molecule has 0 radical (unpaired) electrons. The summed E-state index contributed by atoms with van der Waals surface area (Å²) in [7, 11) is 1.66. The molecule has 1 saturated carbocycles. The Morgan fingerprint density at radius 2 is 1.79 bits per heavy atom. The monoisotopic (exact) mass is 408 g/mol. The summed E-state index contributed by atoms with van der Waals surface area (Å²) in [6, 6.07) is 20.4. The average molecular weight is 409 g/mol. The van der Waals surface area contributed by atoms with Gasteiger partial charge in [-0.1, -0.05) is 23.7 Å². The maximum absolute atomic E-state index is 12.3. The number of methoxy groups -OCH3 is 1. The molecule has 5 heteroatoms. The van der Waals surface area contributed by atoms with Crippen molar-refractivity contribution >= 4 is 17.5 Å². The molecule has 29 heavy (non-hydrogen) atoms. The predicted octanol–water partition coefficient (Wildman–Crippen LogP) is 5.41. The van der Waals surface area contributed by atoms with Crippen LogP contribution < -0.4 is 10.1 Å². The first-order chi connectivity index (χ1) is 14.1. The molecule has 2 aromatic carbocycles. The van der Waals surface area contributed by atoms with Crippen molar-refractivity contribution < 1.29 is 9.53 Å². The van der Waals surface area contributed by atoms with E-state index in [1.165, 1.54) is 6.42 Å². The van der Waals surface area contributed by atoms with E-state index in [-0.39, 0.29) is 5.91 Å². The summed E-state index contributed by atoms with van der Waals surface area (Å²) >= 11 is 6.07. The Balaban J connectivity index is 1.62. The van der Waals surface area contributed by atoms with Crippen molar-refractivity contribution in [3.05, 3.63) is 71.4 Å². The normalized spacial score (nSPS) is 13.7. The number of aromatic nitrogens is 1. The highest BCUT2D eigenvalue weighted by Crippen LogP contribution is 2.29. The predicted molar refractivity (Wildman–Crippen MR) is 117 cm³/mol. The van der Waals surface area contributed by atoms with E-state index in [9.17, 15) is 4.79 Å². The van der Waals surface area contributed by atoms with Gasteiger partial charge in [0.1, 0.15) is 5.75 Å². The summed E-state index contributed by atoms with van der Waals surface area (Å²) in [5.74, 6) is 0.945. The van der Waals surface area contributed by atoms with Gasteiger partial charge in [-0.05, 0) is 79.8 Å². The van der Waals surface area contributed by atoms with Crippen molar-refractivity contribution in [3.8, 4) is 22.7 Å². The third-order valence-electron chi connectivity index (χ3n) is 5.51. The molecule has 1 aliphatic carbocycles. The van der Waals surface area contributed by atoms with Crippen molar-refractivity contribution in [2.45, 2.75) is 38.1 Å². The van der Waals surface area contributed by atoms with Crippen LogP contribution in [0.4, 0.5) is 0 Å². The molecule has 4 rings (SSSR count). The third-order valence-corrected chi connectivity index (χ3v) is 5.76. The minimum absolute atomic E-state index is 0.130. The van der Waals surface area contributed by atoms with Crippen LogP contribution in [0.5, 0.6) is 5.75 Å². The smallest absolute Gasteiger partial charge is 0.220 e. The van der Waals surface area contributed by atoms with Gasteiger partial charge in [0.25, 0.3) is 0 Å². The van der Waals surface area contributed by atoms with Gasteiger partial charge in [0.15, 0.2) is 0 Å². The Labute approximate surface area is 176 Å². The van der Waals surface area contributed by atoms with Crippen LogP contribution in [0.1, 0.15) is 31.4 Å². The van der Waals surface area contributed by atoms with Crippen molar-refractivity contribution in [1.82, 2.24) is 9.88 Å². The number of carbonyl (C=O) groups is 1. The maximum atomic E-state index is 12.3. The molecule has 1 amide bonds. The highest BCUT2D eigenvalue weighted by molar-refractivity contribution is 6.30. The van der Waals surface area contributed by atoms with Crippen LogP contribution in [-0.4, -0.2) is 23.6 Å². The van der Waals surface area contributed by atoms with Crippen LogP contribution in [0.15, 0.2) is 60.7 Å². The van der Waals surface area contributed by atoms with E-state index in [4.69, 9.17) is 16.3 Å². The molecular formula is C24H25ClN2O2. The van der Waals surface area contributed by atoms with Crippen molar-refractivity contribution in [1.29, 1.82) is 0 Å². The number of ether oxygens (including phenoxy) is 1. The first-order valence-corrected chi connectivity index (χ1v) is 10.4. The lowest BCUT2D eigenvalue weighted by Gasteiger charge is -2.26. The van der Waals surface area contributed by atoms with E-state index < -0.39 is 0 Å². The van der Waals surface area contributed by atoms with Gasteiger partial charge in [0, 0.05) is 28.9 Å². The largest absolute Gasteiger partial charge is 0.497 e. The second kappa shape index (κ2) is 8.75. The number of amides is 1. The maximum Gasteiger partial charge on any atom is 0.220 e. The third kappa shape index (κ3) is 4.48. The van der Waals surface area contributed by atoms with Gasteiger partial charge in [-0.3, -0.25) is 4.79 Å². The second-order valence-electron chi connectivity index (χ2n) is 7.45. The highest BCUT2D eigenvalue weighted by Gasteiger charge is 2.20. The SMILES string of the molecule is COc1ccc(-n2c(CCC(=O)NC3CCC3)ccc2-c2ccc(Cl)cc2)cc1.